The summed E-state index contributed by atoms with van der Waals surface area (Å²) in [5.74, 6) is -0.833. The summed E-state index contributed by atoms with van der Waals surface area (Å²) in [4.78, 5) is 14.7. The number of hydrazone groups is 1. The van der Waals surface area contributed by atoms with Crippen LogP contribution in [0.1, 0.15) is 22.9 Å². The van der Waals surface area contributed by atoms with E-state index in [4.69, 9.17) is 0 Å². The van der Waals surface area contributed by atoms with Crippen LogP contribution < -0.4 is 0 Å². The first kappa shape index (κ1) is 19.0. The van der Waals surface area contributed by atoms with Crippen LogP contribution >= 0.6 is 0 Å². The van der Waals surface area contributed by atoms with Gasteiger partial charge in [0.15, 0.2) is 0 Å². The Bertz CT molecular complexity index is 1000. The molecule has 0 aliphatic carbocycles. The van der Waals surface area contributed by atoms with Crippen molar-refractivity contribution in [2.75, 3.05) is 6.54 Å². The van der Waals surface area contributed by atoms with Crippen molar-refractivity contribution in [1.29, 1.82) is 0 Å². The Morgan fingerprint density at radius 1 is 0.897 bits per heavy atom. The summed E-state index contributed by atoms with van der Waals surface area (Å²) in [6.45, 7) is 0.745. The van der Waals surface area contributed by atoms with Gasteiger partial charge in [-0.3, -0.25) is 9.69 Å². The van der Waals surface area contributed by atoms with E-state index < -0.39 is 6.17 Å². The van der Waals surface area contributed by atoms with E-state index in [2.05, 4.69) is 5.10 Å². The topological polar surface area (TPSA) is 35.9 Å². The second kappa shape index (κ2) is 8.32. The molecule has 1 atom stereocenters. The first-order valence-electron chi connectivity index (χ1n) is 9.25. The highest BCUT2D eigenvalue weighted by atomic mass is 19.1. The predicted octanol–water partition coefficient (Wildman–Crippen LogP) is 4.34. The Labute approximate surface area is 167 Å². The molecule has 3 aromatic rings. The largest absolute Gasteiger partial charge is 0.271 e. The van der Waals surface area contributed by atoms with Crippen LogP contribution in [-0.4, -0.2) is 28.6 Å². The Morgan fingerprint density at radius 3 is 2.17 bits per heavy atom. The lowest BCUT2D eigenvalue weighted by molar-refractivity contribution is -0.128. The number of carbonyl (C=O) groups is 1. The van der Waals surface area contributed by atoms with Crippen molar-refractivity contribution in [3.05, 3.63) is 107 Å². The minimum Gasteiger partial charge on any atom is -0.271 e. The number of hydrogen-bond acceptors (Lipinski definition) is 3. The third kappa shape index (κ3) is 4.38. The van der Waals surface area contributed by atoms with E-state index in [1.165, 1.54) is 35.5 Å². The maximum Gasteiger partial charge on any atom is 0.258 e. The molecule has 1 amide bonds. The minimum absolute atomic E-state index is 0.159. The van der Waals surface area contributed by atoms with Crippen LogP contribution in [0.2, 0.25) is 0 Å². The van der Waals surface area contributed by atoms with E-state index in [0.717, 1.165) is 11.1 Å². The zero-order valence-corrected chi connectivity index (χ0v) is 15.6. The van der Waals surface area contributed by atoms with Gasteiger partial charge in [-0.1, -0.05) is 54.6 Å². The van der Waals surface area contributed by atoms with Gasteiger partial charge in [0.25, 0.3) is 5.91 Å². The molecule has 1 saturated heterocycles. The Hall–Kier alpha value is -3.38. The van der Waals surface area contributed by atoms with E-state index in [1.807, 2.05) is 35.2 Å². The predicted molar refractivity (Wildman–Crippen MR) is 107 cm³/mol. The first-order valence-corrected chi connectivity index (χ1v) is 9.25. The molecule has 6 heteroatoms. The number of amides is 1. The smallest absolute Gasteiger partial charge is 0.258 e. The standard InChI is InChI=1S/C23H19F2N3O/c24-20-10-6-17(7-11-20)14-26-28-22(29)16-27(15-18-4-2-1-3-5-18)23(28)19-8-12-21(25)13-9-19/h1-14,23H,15-16H2/b26-14-/t23-/m1/s1. The second-order valence-corrected chi connectivity index (χ2v) is 6.85. The molecule has 1 aliphatic rings. The molecule has 4 rings (SSSR count). The van der Waals surface area contributed by atoms with Gasteiger partial charge in [0.1, 0.15) is 17.8 Å². The summed E-state index contributed by atoms with van der Waals surface area (Å²) in [5, 5.41) is 5.78. The third-order valence-electron chi connectivity index (χ3n) is 4.77. The summed E-state index contributed by atoms with van der Waals surface area (Å²) in [7, 11) is 0. The monoisotopic (exact) mass is 391 g/mol. The third-order valence-corrected chi connectivity index (χ3v) is 4.77. The summed E-state index contributed by atoms with van der Waals surface area (Å²) in [6, 6.07) is 21.8. The van der Waals surface area contributed by atoms with Crippen molar-refractivity contribution in [2.45, 2.75) is 12.7 Å². The number of halogens is 2. The molecule has 1 aliphatic heterocycles. The summed E-state index contributed by atoms with van der Waals surface area (Å²) in [5.41, 5.74) is 2.51. The van der Waals surface area contributed by atoms with Crippen molar-refractivity contribution in [3.8, 4) is 0 Å². The SMILES string of the molecule is O=C1CN(Cc2ccccc2)[C@@H](c2ccc(F)cc2)N1/N=C\c1ccc(F)cc1. The van der Waals surface area contributed by atoms with E-state index >= 15 is 0 Å². The zero-order chi connectivity index (χ0) is 20.2. The number of benzene rings is 3. The van der Waals surface area contributed by atoms with Crippen LogP contribution in [0.15, 0.2) is 84.0 Å². The molecule has 0 aromatic heterocycles. The highest BCUT2D eigenvalue weighted by Crippen LogP contribution is 2.32. The molecule has 3 aromatic carbocycles. The zero-order valence-electron chi connectivity index (χ0n) is 15.6. The maximum atomic E-state index is 13.4. The molecule has 0 radical (unpaired) electrons. The van der Waals surface area contributed by atoms with Crippen molar-refractivity contribution >= 4 is 12.1 Å². The van der Waals surface area contributed by atoms with Crippen molar-refractivity contribution in [1.82, 2.24) is 9.91 Å². The number of hydrogen-bond donors (Lipinski definition) is 0. The molecule has 0 unspecified atom stereocenters. The average Bonchev–Trinajstić information content (AvgIpc) is 3.04. The summed E-state index contributed by atoms with van der Waals surface area (Å²) < 4.78 is 26.6. The fourth-order valence-electron chi connectivity index (χ4n) is 3.38. The number of carbonyl (C=O) groups excluding carboxylic acids is 1. The highest BCUT2D eigenvalue weighted by Gasteiger charge is 2.39. The van der Waals surface area contributed by atoms with E-state index in [9.17, 15) is 13.6 Å². The van der Waals surface area contributed by atoms with Crippen LogP contribution in [0.25, 0.3) is 0 Å². The molecule has 29 heavy (non-hydrogen) atoms. The van der Waals surface area contributed by atoms with E-state index in [-0.39, 0.29) is 24.1 Å². The van der Waals surface area contributed by atoms with Gasteiger partial charge in [-0.15, -0.1) is 0 Å². The van der Waals surface area contributed by atoms with Crippen molar-refractivity contribution in [3.63, 3.8) is 0 Å². The fraction of sp³-hybridized carbons (Fsp3) is 0.130. The number of rotatable bonds is 5. The molecule has 1 heterocycles. The fourth-order valence-corrected chi connectivity index (χ4v) is 3.38. The van der Waals surface area contributed by atoms with Crippen molar-refractivity contribution in [2.24, 2.45) is 5.10 Å². The van der Waals surface area contributed by atoms with Gasteiger partial charge in [0.05, 0.1) is 12.8 Å². The summed E-state index contributed by atoms with van der Waals surface area (Å²) >= 11 is 0. The Kier molecular flexibility index (Phi) is 5.44. The van der Waals surface area contributed by atoms with Crippen LogP contribution in [0, 0.1) is 11.6 Å². The van der Waals surface area contributed by atoms with Crippen LogP contribution in [0.3, 0.4) is 0 Å². The molecular weight excluding hydrogens is 372 g/mol. The average molecular weight is 391 g/mol. The molecule has 0 N–H and O–H groups in total. The molecule has 0 saturated carbocycles. The molecule has 4 nitrogen and oxygen atoms in total. The van der Waals surface area contributed by atoms with Gasteiger partial charge in [0.2, 0.25) is 0 Å². The lowest BCUT2D eigenvalue weighted by atomic mass is 10.1. The van der Waals surface area contributed by atoms with Gasteiger partial charge in [-0.2, -0.15) is 5.10 Å². The lowest BCUT2D eigenvalue weighted by Gasteiger charge is -2.27. The molecule has 1 fully saturated rings. The molecule has 0 bridgehead atoms. The molecular formula is C23H19F2N3O. The van der Waals surface area contributed by atoms with Crippen molar-refractivity contribution < 1.29 is 13.6 Å². The second-order valence-electron chi connectivity index (χ2n) is 6.85. The maximum absolute atomic E-state index is 13.4. The lowest BCUT2D eigenvalue weighted by Crippen LogP contribution is -2.28. The van der Waals surface area contributed by atoms with Gasteiger partial charge in [-0.05, 0) is 41.0 Å². The van der Waals surface area contributed by atoms with Crippen LogP contribution in [-0.2, 0) is 11.3 Å². The summed E-state index contributed by atoms with van der Waals surface area (Å²) in [6.07, 6.45) is 1.07. The number of nitrogens with zero attached hydrogens (tertiary/aromatic N) is 3. The highest BCUT2D eigenvalue weighted by molar-refractivity contribution is 5.84. The Balaban J connectivity index is 1.65. The van der Waals surface area contributed by atoms with Crippen LogP contribution in [0.4, 0.5) is 8.78 Å². The quantitative estimate of drug-likeness (QED) is 0.607. The van der Waals surface area contributed by atoms with Gasteiger partial charge in [0, 0.05) is 6.54 Å². The van der Waals surface area contributed by atoms with Gasteiger partial charge < -0.3 is 0 Å². The van der Waals surface area contributed by atoms with E-state index in [1.54, 1.807) is 24.3 Å². The normalized spacial score (nSPS) is 17.4. The van der Waals surface area contributed by atoms with Gasteiger partial charge >= 0.3 is 0 Å². The van der Waals surface area contributed by atoms with Gasteiger partial charge in [-0.25, -0.2) is 13.8 Å². The minimum atomic E-state index is -0.458. The van der Waals surface area contributed by atoms with Crippen LogP contribution in [0.5, 0.6) is 0 Å². The van der Waals surface area contributed by atoms with E-state index in [0.29, 0.717) is 12.1 Å². The Morgan fingerprint density at radius 2 is 1.52 bits per heavy atom. The molecule has 0 spiro atoms. The first-order chi connectivity index (χ1) is 14.1. The molecule has 146 valence electrons.